The second-order valence-electron chi connectivity index (χ2n) is 7.17. The smallest absolute Gasteiger partial charge is 0.312 e. The Morgan fingerprint density at radius 1 is 1.14 bits per heavy atom. The average Bonchev–Trinajstić information content (AvgIpc) is 3.37. The van der Waals surface area contributed by atoms with Gasteiger partial charge in [0.1, 0.15) is 0 Å². The number of imidazole rings is 1. The zero-order valence-electron chi connectivity index (χ0n) is 15.4. The second-order valence-corrected chi connectivity index (χ2v) is 9.96. The lowest BCUT2D eigenvalue weighted by Crippen LogP contribution is -2.38. The number of fused-ring (bicyclic) bond motifs is 1. The number of benzene rings is 1. The third-order valence-corrected chi connectivity index (χ3v) is 7.64. The lowest BCUT2D eigenvalue weighted by atomic mass is 10.2. The second kappa shape index (κ2) is 6.70. The van der Waals surface area contributed by atoms with Crippen molar-refractivity contribution in [1.82, 2.24) is 18.7 Å². The molecule has 1 aromatic carbocycles. The van der Waals surface area contributed by atoms with Crippen molar-refractivity contribution in [2.24, 2.45) is 20.0 Å². The Balaban J connectivity index is 1.97. The van der Waals surface area contributed by atoms with Gasteiger partial charge in [0.05, 0.1) is 12.3 Å². The van der Waals surface area contributed by atoms with Gasteiger partial charge < -0.3 is 4.57 Å². The monoisotopic (exact) mass is 466 g/mol. The predicted octanol–water partition coefficient (Wildman–Crippen LogP) is 1.43. The van der Waals surface area contributed by atoms with E-state index >= 15 is 0 Å². The highest BCUT2D eigenvalue weighted by Gasteiger charge is 2.33. The summed E-state index contributed by atoms with van der Waals surface area (Å²) < 4.78 is 30.0. The normalized spacial score (nSPS) is 14.7. The number of hydrogen-bond donors (Lipinski definition) is 0. The Hall–Kier alpha value is -2.20. The minimum atomic E-state index is -3.65. The van der Waals surface area contributed by atoms with Gasteiger partial charge in [0.25, 0.3) is 5.56 Å². The van der Waals surface area contributed by atoms with Crippen LogP contribution in [-0.4, -0.2) is 32.9 Å². The van der Waals surface area contributed by atoms with Gasteiger partial charge in [-0.05, 0) is 30.4 Å². The minimum Gasteiger partial charge on any atom is -0.312 e. The molecule has 1 fully saturated rings. The number of halogens is 1. The SMILES string of the molecule is Cn1c(=O)c2c(nc(S(=O)(=O)CC3CC3)n2C)n(Cc2ccccc2Br)c1=O. The highest BCUT2D eigenvalue weighted by atomic mass is 79.9. The van der Waals surface area contributed by atoms with E-state index in [1.165, 1.54) is 23.2 Å². The van der Waals surface area contributed by atoms with Gasteiger partial charge in [0.15, 0.2) is 11.2 Å². The summed E-state index contributed by atoms with van der Waals surface area (Å²) in [4.78, 5) is 29.8. The molecule has 4 rings (SSSR count). The van der Waals surface area contributed by atoms with E-state index in [0.29, 0.717) is 0 Å². The minimum absolute atomic E-state index is 0.0128. The molecule has 0 unspecified atom stereocenters. The van der Waals surface area contributed by atoms with Crippen molar-refractivity contribution < 1.29 is 8.42 Å². The maximum Gasteiger partial charge on any atom is 0.332 e. The average molecular weight is 467 g/mol. The molecule has 1 saturated carbocycles. The summed E-state index contributed by atoms with van der Waals surface area (Å²) in [6.07, 6.45) is 1.77. The van der Waals surface area contributed by atoms with Gasteiger partial charge >= 0.3 is 5.69 Å². The summed E-state index contributed by atoms with van der Waals surface area (Å²) in [6, 6.07) is 7.40. The molecule has 1 aliphatic carbocycles. The largest absolute Gasteiger partial charge is 0.332 e. The molecule has 0 spiro atoms. The van der Waals surface area contributed by atoms with Gasteiger partial charge in [-0.15, -0.1) is 0 Å². The molecule has 3 aromatic rings. The molecule has 10 heteroatoms. The number of rotatable bonds is 5. The zero-order valence-corrected chi connectivity index (χ0v) is 17.8. The van der Waals surface area contributed by atoms with Gasteiger partial charge in [-0.25, -0.2) is 13.2 Å². The van der Waals surface area contributed by atoms with Crippen molar-refractivity contribution in [2.75, 3.05) is 5.75 Å². The molecule has 28 heavy (non-hydrogen) atoms. The van der Waals surface area contributed by atoms with E-state index in [4.69, 9.17) is 0 Å². The number of nitrogens with zero attached hydrogens (tertiary/aromatic N) is 4. The standard InChI is InChI=1S/C18H19BrN4O4S/c1-21-14-15(20-17(21)28(26,27)10-11-7-8-11)23(18(25)22(2)16(14)24)9-12-5-3-4-6-13(12)19/h3-6,11H,7-10H2,1-2H3. The van der Waals surface area contributed by atoms with Gasteiger partial charge in [-0.3, -0.25) is 13.9 Å². The fourth-order valence-corrected chi connectivity index (χ4v) is 5.54. The molecule has 1 aliphatic rings. The van der Waals surface area contributed by atoms with E-state index in [2.05, 4.69) is 20.9 Å². The van der Waals surface area contributed by atoms with Crippen LogP contribution in [0.2, 0.25) is 0 Å². The van der Waals surface area contributed by atoms with Crippen LogP contribution in [0.1, 0.15) is 18.4 Å². The van der Waals surface area contributed by atoms with E-state index in [9.17, 15) is 18.0 Å². The van der Waals surface area contributed by atoms with Gasteiger partial charge in [-0.2, -0.15) is 4.98 Å². The first-order chi connectivity index (χ1) is 13.2. The van der Waals surface area contributed by atoms with E-state index in [1.54, 1.807) is 0 Å². The van der Waals surface area contributed by atoms with Crippen molar-refractivity contribution in [3.8, 4) is 0 Å². The quantitative estimate of drug-likeness (QED) is 0.566. The van der Waals surface area contributed by atoms with Gasteiger partial charge in [0, 0.05) is 18.6 Å². The summed E-state index contributed by atoms with van der Waals surface area (Å²) in [5, 5.41) is -0.169. The van der Waals surface area contributed by atoms with Crippen LogP contribution in [0.5, 0.6) is 0 Å². The number of hydrogen-bond acceptors (Lipinski definition) is 5. The molecule has 0 atom stereocenters. The summed E-state index contributed by atoms with van der Waals surface area (Å²) in [5.74, 6) is 0.161. The molecular weight excluding hydrogens is 448 g/mol. The maximum atomic E-state index is 12.8. The summed E-state index contributed by atoms with van der Waals surface area (Å²) in [6.45, 7) is 0.157. The molecule has 0 aliphatic heterocycles. The molecule has 0 bridgehead atoms. The summed E-state index contributed by atoms with van der Waals surface area (Å²) in [5.41, 5.74) is -0.106. The van der Waals surface area contributed by atoms with Crippen molar-refractivity contribution in [1.29, 1.82) is 0 Å². The third-order valence-electron chi connectivity index (χ3n) is 5.03. The zero-order chi connectivity index (χ0) is 20.2. The molecule has 0 N–H and O–H groups in total. The Morgan fingerprint density at radius 2 is 1.82 bits per heavy atom. The number of aryl methyl sites for hydroxylation is 1. The Kier molecular flexibility index (Phi) is 4.58. The number of aromatic nitrogens is 4. The van der Waals surface area contributed by atoms with E-state index in [-0.39, 0.29) is 34.5 Å². The van der Waals surface area contributed by atoms with Crippen LogP contribution in [0.25, 0.3) is 11.2 Å². The molecule has 8 nitrogen and oxygen atoms in total. The molecule has 0 amide bonds. The lowest BCUT2D eigenvalue weighted by Gasteiger charge is -2.10. The first kappa shape index (κ1) is 19.1. The molecular formula is C18H19BrN4O4S. The Morgan fingerprint density at radius 3 is 2.46 bits per heavy atom. The Labute approximate surface area is 169 Å². The van der Waals surface area contributed by atoms with Crippen LogP contribution in [0.15, 0.2) is 43.5 Å². The Bertz CT molecular complexity index is 1320. The van der Waals surface area contributed by atoms with Crippen molar-refractivity contribution in [3.05, 3.63) is 55.1 Å². The van der Waals surface area contributed by atoms with E-state index in [1.807, 2.05) is 24.3 Å². The highest BCUT2D eigenvalue weighted by molar-refractivity contribution is 9.10. The van der Waals surface area contributed by atoms with E-state index < -0.39 is 21.1 Å². The molecule has 2 heterocycles. The summed E-state index contributed by atoms with van der Waals surface area (Å²) >= 11 is 3.46. The van der Waals surface area contributed by atoms with Crippen LogP contribution < -0.4 is 11.2 Å². The predicted molar refractivity (Wildman–Crippen MR) is 108 cm³/mol. The van der Waals surface area contributed by atoms with E-state index in [0.717, 1.165) is 27.4 Å². The first-order valence-corrected chi connectivity index (χ1v) is 11.3. The highest BCUT2D eigenvalue weighted by Crippen LogP contribution is 2.32. The van der Waals surface area contributed by atoms with Gasteiger partial charge in [-0.1, -0.05) is 34.1 Å². The lowest BCUT2D eigenvalue weighted by molar-refractivity contribution is 0.576. The third kappa shape index (κ3) is 3.14. The van der Waals surface area contributed by atoms with Crippen LogP contribution in [0.4, 0.5) is 0 Å². The maximum absolute atomic E-state index is 12.8. The van der Waals surface area contributed by atoms with Crippen LogP contribution in [-0.2, 0) is 30.5 Å². The first-order valence-electron chi connectivity index (χ1n) is 8.83. The van der Waals surface area contributed by atoms with Crippen LogP contribution in [0, 0.1) is 5.92 Å². The van der Waals surface area contributed by atoms with Crippen molar-refractivity contribution in [3.63, 3.8) is 0 Å². The molecule has 148 valence electrons. The van der Waals surface area contributed by atoms with Gasteiger partial charge in [0.2, 0.25) is 15.0 Å². The van der Waals surface area contributed by atoms with Crippen molar-refractivity contribution >= 4 is 36.9 Å². The number of sulfone groups is 1. The topological polar surface area (TPSA) is 96.0 Å². The molecule has 0 saturated heterocycles. The van der Waals surface area contributed by atoms with Crippen molar-refractivity contribution in [2.45, 2.75) is 24.5 Å². The molecule has 2 aromatic heterocycles. The molecule has 0 radical (unpaired) electrons. The summed E-state index contributed by atoms with van der Waals surface area (Å²) in [7, 11) is -0.766. The van der Waals surface area contributed by atoms with Crippen LogP contribution in [0.3, 0.4) is 0 Å². The fraction of sp³-hybridized carbons (Fsp3) is 0.389. The fourth-order valence-electron chi connectivity index (χ4n) is 3.30. The van der Waals surface area contributed by atoms with Crippen LogP contribution >= 0.6 is 15.9 Å².